The average Bonchev–Trinajstić information content (AvgIpc) is 2.79. The molecule has 9 heteroatoms. The average molecular weight is 298 g/mol. The van der Waals surface area contributed by atoms with Gasteiger partial charge in [-0.25, -0.2) is 0 Å². The van der Waals surface area contributed by atoms with Crippen molar-refractivity contribution in [2.75, 3.05) is 7.05 Å². The third kappa shape index (κ3) is 2.69. The highest BCUT2D eigenvalue weighted by Gasteiger charge is 2.17. The number of H-pyrrole nitrogens is 1. The van der Waals surface area contributed by atoms with Crippen molar-refractivity contribution >= 4 is 40.9 Å². The number of aromatic amines is 1. The third-order valence-corrected chi connectivity index (χ3v) is 2.71. The molecular weight excluding hydrogens is 286 g/mol. The zero-order chi connectivity index (χ0) is 14.2. The summed E-state index contributed by atoms with van der Waals surface area (Å²) in [6, 6.07) is 5.81. The first-order valence-electron chi connectivity index (χ1n) is 5.29. The summed E-state index contributed by atoms with van der Waals surface area (Å²) in [7, 11) is 1.37. The smallest absolute Gasteiger partial charge is 0.276 e. The molecular formula is C11H12ClN5O3. The van der Waals surface area contributed by atoms with Gasteiger partial charge in [-0.15, -0.1) is 12.4 Å². The van der Waals surface area contributed by atoms with Crippen LogP contribution in [0.3, 0.4) is 0 Å². The van der Waals surface area contributed by atoms with Crippen LogP contribution in [-0.2, 0) is 0 Å². The maximum atomic E-state index is 11.9. The highest BCUT2D eigenvalue weighted by Crippen LogP contribution is 2.21. The second kappa shape index (κ2) is 5.57. The minimum absolute atomic E-state index is 0. The van der Waals surface area contributed by atoms with Crippen LogP contribution in [-0.4, -0.2) is 33.7 Å². The number of nitrogens with one attached hydrogen (secondary N) is 2. The van der Waals surface area contributed by atoms with Crippen molar-refractivity contribution < 1.29 is 9.72 Å². The second-order valence-electron chi connectivity index (χ2n) is 3.96. The number of nitro groups is 1. The van der Waals surface area contributed by atoms with E-state index in [0.717, 1.165) is 4.90 Å². The Bertz CT molecular complexity index is 696. The fourth-order valence-corrected chi connectivity index (χ4v) is 1.63. The van der Waals surface area contributed by atoms with Crippen molar-refractivity contribution in [3.63, 3.8) is 0 Å². The number of rotatable bonds is 2. The molecule has 0 atom stereocenters. The number of nitro benzene ring substituents is 1. The summed E-state index contributed by atoms with van der Waals surface area (Å²) in [6.07, 6.45) is 0. The molecule has 0 saturated carbocycles. The first kappa shape index (κ1) is 15.4. The lowest BCUT2D eigenvalue weighted by molar-refractivity contribution is -0.384. The number of halogens is 1. The van der Waals surface area contributed by atoms with Crippen LogP contribution in [0, 0.1) is 15.5 Å². The Morgan fingerprint density at radius 2 is 2.10 bits per heavy atom. The molecule has 0 saturated heterocycles. The topological polar surface area (TPSA) is 129 Å². The number of fused-ring (bicyclic) bond motifs is 1. The summed E-state index contributed by atoms with van der Waals surface area (Å²) >= 11 is 0. The third-order valence-electron chi connectivity index (χ3n) is 2.71. The van der Waals surface area contributed by atoms with Crippen LogP contribution in [0.5, 0.6) is 0 Å². The fraction of sp³-hybridized carbons (Fsp3) is 0.0909. The Balaban J connectivity index is 0.00000200. The molecule has 1 aromatic heterocycles. The van der Waals surface area contributed by atoms with Gasteiger partial charge in [-0.2, -0.15) is 0 Å². The Kier molecular flexibility index (Phi) is 4.31. The zero-order valence-corrected chi connectivity index (χ0v) is 11.2. The van der Waals surface area contributed by atoms with Gasteiger partial charge in [0.25, 0.3) is 11.6 Å². The van der Waals surface area contributed by atoms with Crippen LogP contribution in [0.4, 0.5) is 5.69 Å². The lowest BCUT2D eigenvalue weighted by Crippen LogP contribution is -2.38. The predicted octanol–water partition coefficient (Wildman–Crippen LogP) is 1.46. The summed E-state index contributed by atoms with van der Waals surface area (Å²) < 4.78 is 0. The monoisotopic (exact) mass is 297 g/mol. The molecule has 0 bridgehead atoms. The first-order chi connectivity index (χ1) is 8.90. The molecule has 1 aromatic carbocycles. The molecule has 106 valence electrons. The summed E-state index contributed by atoms with van der Waals surface area (Å²) in [5.41, 5.74) is 5.85. The number of nitrogens with zero attached hydrogens (tertiary/aromatic N) is 2. The van der Waals surface area contributed by atoms with Crippen LogP contribution in [0.15, 0.2) is 24.3 Å². The predicted molar refractivity (Wildman–Crippen MR) is 76.2 cm³/mol. The maximum Gasteiger partial charge on any atom is 0.276 e. The van der Waals surface area contributed by atoms with E-state index in [1.54, 1.807) is 12.1 Å². The highest BCUT2D eigenvalue weighted by atomic mass is 35.5. The van der Waals surface area contributed by atoms with E-state index in [1.807, 2.05) is 0 Å². The number of guanidine groups is 1. The Labute approximate surface area is 119 Å². The Hall–Kier alpha value is -2.61. The number of nitrogens with two attached hydrogens (primary N) is 1. The number of hydrogen-bond acceptors (Lipinski definition) is 4. The molecule has 0 spiro atoms. The van der Waals surface area contributed by atoms with E-state index in [-0.39, 0.29) is 29.7 Å². The van der Waals surface area contributed by atoms with Crippen LogP contribution >= 0.6 is 12.4 Å². The van der Waals surface area contributed by atoms with E-state index in [9.17, 15) is 14.9 Å². The lowest BCUT2D eigenvalue weighted by atomic mass is 10.2. The molecule has 1 heterocycles. The van der Waals surface area contributed by atoms with Gasteiger partial charge in [-0.1, -0.05) is 0 Å². The van der Waals surface area contributed by atoms with Crippen LogP contribution in [0.1, 0.15) is 10.5 Å². The van der Waals surface area contributed by atoms with Gasteiger partial charge in [0, 0.05) is 24.6 Å². The molecule has 0 aliphatic carbocycles. The number of benzene rings is 1. The quantitative estimate of drug-likeness (QED) is 0.335. The molecule has 0 fully saturated rings. The summed E-state index contributed by atoms with van der Waals surface area (Å²) in [4.78, 5) is 25.8. The first-order valence-corrected chi connectivity index (χ1v) is 5.29. The van der Waals surface area contributed by atoms with Crippen LogP contribution < -0.4 is 5.73 Å². The van der Waals surface area contributed by atoms with Gasteiger partial charge >= 0.3 is 0 Å². The zero-order valence-electron chi connectivity index (χ0n) is 10.4. The minimum Gasteiger partial charge on any atom is -0.370 e. The van der Waals surface area contributed by atoms with Gasteiger partial charge in [-0.3, -0.25) is 25.2 Å². The van der Waals surface area contributed by atoms with E-state index < -0.39 is 10.8 Å². The normalized spacial score (nSPS) is 9.85. The molecule has 1 amide bonds. The summed E-state index contributed by atoms with van der Waals surface area (Å²) in [5, 5.41) is 18.5. The van der Waals surface area contributed by atoms with E-state index in [2.05, 4.69) is 4.98 Å². The highest BCUT2D eigenvalue weighted by molar-refractivity contribution is 6.05. The number of carbonyl (C=O) groups excluding carboxylic acids is 1. The number of non-ortho nitro benzene ring substituents is 1. The van der Waals surface area contributed by atoms with E-state index in [0.29, 0.717) is 10.9 Å². The molecule has 0 unspecified atom stereocenters. The number of carbonyl (C=O) groups is 1. The SMILES string of the molecule is CN(C(=N)N)C(=O)c1cc2ccc([N+](=O)[O-])cc2[nH]1.Cl. The van der Waals surface area contributed by atoms with Gasteiger partial charge in [0.05, 0.1) is 10.4 Å². The molecule has 0 radical (unpaired) electrons. The minimum atomic E-state index is -0.510. The van der Waals surface area contributed by atoms with Crippen molar-refractivity contribution in [1.29, 1.82) is 5.41 Å². The summed E-state index contributed by atoms with van der Waals surface area (Å²) in [6.45, 7) is 0. The van der Waals surface area contributed by atoms with Crippen molar-refractivity contribution in [2.45, 2.75) is 0 Å². The van der Waals surface area contributed by atoms with Gasteiger partial charge in [0.15, 0.2) is 5.96 Å². The molecule has 2 rings (SSSR count). The number of hydrogen-bond donors (Lipinski definition) is 3. The standard InChI is InChI=1S/C11H11N5O3.ClH/c1-15(11(12)13)10(17)9-4-6-2-3-7(16(18)19)5-8(6)14-9;/h2-5,14H,1H3,(H3,12,13);1H. The fourth-order valence-electron chi connectivity index (χ4n) is 1.63. The van der Waals surface area contributed by atoms with Crippen LogP contribution in [0.25, 0.3) is 10.9 Å². The van der Waals surface area contributed by atoms with E-state index in [1.165, 1.54) is 19.2 Å². The van der Waals surface area contributed by atoms with Crippen molar-refractivity contribution in [1.82, 2.24) is 9.88 Å². The molecule has 4 N–H and O–H groups in total. The van der Waals surface area contributed by atoms with Crippen molar-refractivity contribution in [3.05, 3.63) is 40.1 Å². The van der Waals surface area contributed by atoms with Gasteiger partial charge < -0.3 is 10.7 Å². The maximum absolute atomic E-state index is 11.9. The summed E-state index contributed by atoms with van der Waals surface area (Å²) in [5.74, 6) is -0.860. The Morgan fingerprint density at radius 1 is 1.45 bits per heavy atom. The van der Waals surface area contributed by atoms with Gasteiger partial charge in [-0.05, 0) is 12.1 Å². The second-order valence-corrected chi connectivity index (χ2v) is 3.96. The lowest BCUT2D eigenvalue weighted by Gasteiger charge is -2.12. The van der Waals surface area contributed by atoms with Gasteiger partial charge in [0.2, 0.25) is 0 Å². The van der Waals surface area contributed by atoms with Crippen LogP contribution in [0.2, 0.25) is 0 Å². The van der Waals surface area contributed by atoms with Crippen molar-refractivity contribution in [2.24, 2.45) is 5.73 Å². The Morgan fingerprint density at radius 3 is 2.65 bits per heavy atom. The van der Waals surface area contributed by atoms with E-state index in [4.69, 9.17) is 11.1 Å². The largest absolute Gasteiger partial charge is 0.370 e. The molecule has 8 nitrogen and oxygen atoms in total. The molecule has 0 aliphatic heterocycles. The van der Waals surface area contributed by atoms with E-state index >= 15 is 0 Å². The van der Waals surface area contributed by atoms with Crippen molar-refractivity contribution in [3.8, 4) is 0 Å². The molecule has 0 aliphatic rings. The molecule has 20 heavy (non-hydrogen) atoms. The number of aromatic nitrogens is 1. The van der Waals surface area contributed by atoms with Gasteiger partial charge in [0.1, 0.15) is 5.69 Å². The number of amides is 1. The molecule has 2 aromatic rings.